The molecule has 0 spiro atoms. The Labute approximate surface area is 205 Å². The lowest BCUT2D eigenvalue weighted by Gasteiger charge is -2.22. The first kappa shape index (κ1) is 26.1. The van der Waals surface area contributed by atoms with E-state index in [-0.39, 0.29) is 24.5 Å². The molecule has 2 atom stereocenters. The van der Waals surface area contributed by atoms with Crippen LogP contribution in [0.25, 0.3) is 0 Å². The van der Waals surface area contributed by atoms with E-state index in [0.29, 0.717) is 0 Å². The van der Waals surface area contributed by atoms with Gasteiger partial charge in [0.05, 0.1) is 25.2 Å². The van der Waals surface area contributed by atoms with E-state index in [1.54, 1.807) is 18.2 Å². The van der Waals surface area contributed by atoms with Gasteiger partial charge in [0.2, 0.25) is 15.9 Å². The molecule has 0 saturated heterocycles. The minimum Gasteiger partial charge on any atom is -0.467 e. The molecule has 0 aromatic heterocycles. The average Bonchev–Trinajstić information content (AvgIpc) is 2.89. The van der Waals surface area contributed by atoms with E-state index >= 15 is 0 Å². The predicted molar refractivity (Wildman–Crippen MR) is 131 cm³/mol. The van der Waals surface area contributed by atoms with Crippen LogP contribution < -0.4 is 10.0 Å². The molecule has 0 saturated carbocycles. The minimum atomic E-state index is -4.03. The molecule has 2 N–H and O–H groups in total. The second kappa shape index (κ2) is 12.8. The van der Waals surface area contributed by atoms with Gasteiger partial charge in [0.25, 0.3) is 0 Å². The van der Waals surface area contributed by atoms with Gasteiger partial charge in [-0.25, -0.2) is 13.2 Å². The lowest BCUT2D eigenvalue weighted by Crippen LogP contribution is -2.54. The molecule has 0 aliphatic heterocycles. The van der Waals surface area contributed by atoms with Gasteiger partial charge in [-0.1, -0.05) is 78.9 Å². The van der Waals surface area contributed by atoms with E-state index < -0.39 is 34.0 Å². The summed E-state index contributed by atoms with van der Waals surface area (Å²) in [5, 5.41) is 2.62. The number of hydrogen-bond acceptors (Lipinski definition) is 6. The van der Waals surface area contributed by atoms with Crippen molar-refractivity contribution in [2.45, 2.75) is 30.0 Å². The highest BCUT2D eigenvalue weighted by Gasteiger charge is 2.30. The summed E-state index contributed by atoms with van der Waals surface area (Å²) in [6, 6.07) is 23.8. The van der Waals surface area contributed by atoms with Crippen LogP contribution in [0, 0.1) is 0 Å². The summed E-state index contributed by atoms with van der Waals surface area (Å²) in [6.07, 6.45) is 0.183. The molecule has 9 heteroatoms. The predicted octanol–water partition coefficient (Wildman–Crippen LogP) is 2.45. The summed E-state index contributed by atoms with van der Waals surface area (Å²) in [5.41, 5.74) is 1.68. The van der Waals surface area contributed by atoms with Crippen LogP contribution in [-0.4, -0.2) is 46.1 Å². The molecule has 8 nitrogen and oxygen atoms in total. The van der Waals surface area contributed by atoms with Gasteiger partial charge in [-0.05, 0) is 23.3 Å². The maximum atomic E-state index is 13.2. The van der Waals surface area contributed by atoms with Crippen LogP contribution in [0.4, 0.5) is 0 Å². The number of carbonyl (C=O) groups is 2. The molecule has 3 rings (SSSR count). The van der Waals surface area contributed by atoms with Gasteiger partial charge in [0.1, 0.15) is 12.1 Å². The summed E-state index contributed by atoms with van der Waals surface area (Å²) < 4.78 is 38.7. The number of carbonyl (C=O) groups excluding carboxylic acids is 2. The molecule has 0 heterocycles. The second-order valence-electron chi connectivity index (χ2n) is 7.76. The quantitative estimate of drug-likeness (QED) is 0.373. The lowest BCUT2D eigenvalue weighted by atomic mass is 10.1. The fourth-order valence-electron chi connectivity index (χ4n) is 3.34. The van der Waals surface area contributed by atoms with E-state index in [4.69, 9.17) is 9.47 Å². The van der Waals surface area contributed by atoms with E-state index in [1.807, 2.05) is 60.7 Å². The molecule has 3 aromatic carbocycles. The molecule has 35 heavy (non-hydrogen) atoms. The summed E-state index contributed by atoms with van der Waals surface area (Å²) in [6.45, 7) is -0.0614. The SMILES string of the molecule is COC(=O)[C@H](Cc1ccccc1)NC(=O)[C@@H](COCc1ccccc1)NS(=O)(=O)c1ccccc1. The largest absolute Gasteiger partial charge is 0.467 e. The summed E-state index contributed by atoms with van der Waals surface area (Å²) >= 11 is 0. The Hall–Kier alpha value is -3.53. The monoisotopic (exact) mass is 496 g/mol. The minimum absolute atomic E-state index is 0.00895. The Morgan fingerprint density at radius 1 is 0.800 bits per heavy atom. The van der Waals surface area contributed by atoms with Crippen LogP contribution in [-0.2, 0) is 42.1 Å². The third-order valence-electron chi connectivity index (χ3n) is 5.15. The molecule has 0 aliphatic carbocycles. The number of benzene rings is 3. The zero-order valence-corrected chi connectivity index (χ0v) is 20.1. The van der Waals surface area contributed by atoms with Crippen molar-refractivity contribution in [3.63, 3.8) is 0 Å². The Morgan fingerprint density at radius 2 is 1.34 bits per heavy atom. The van der Waals surface area contributed by atoms with Crippen molar-refractivity contribution in [2.75, 3.05) is 13.7 Å². The van der Waals surface area contributed by atoms with Crippen LogP contribution >= 0.6 is 0 Å². The smallest absolute Gasteiger partial charge is 0.328 e. The maximum absolute atomic E-state index is 13.2. The number of amides is 1. The number of nitrogens with one attached hydrogen (secondary N) is 2. The number of sulfonamides is 1. The maximum Gasteiger partial charge on any atom is 0.328 e. The number of esters is 1. The molecule has 184 valence electrons. The van der Waals surface area contributed by atoms with Crippen LogP contribution in [0.1, 0.15) is 11.1 Å². The summed E-state index contributed by atoms with van der Waals surface area (Å²) in [4.78, 5) is 25.6. The van der Waals surface area contributed by atoms with Crippen molar-refractivity contribution in [1.29, 1.82) is 0 Å². The highest BCUT2D eigenvalue weighted by Crippen LogP contribution is 2.10. The molecule has 0 aliphatic rings. The third-order valence-corrected chi connectivity index (χ3v) is 6.64. The molecule has 0 fully saturated rings. The Bertz CT molecular complexity index is 1190. The number of ether oxygens (including phenoxy) is 2. The van der Waals surface area contributed by atoms with Crippen LogP contribution in [0.5, 0.6) is 0 Å². The van der Waals surface area contributed by atoms with Crippen LogP contribution in [0.15, 0.2) is 95.9 Å². The van der Waals surface area contributed by atoms with Gasteiger partial charge in [0.15, 0.2) is 0 Å². The van der Waals surface area contributed by atoms with Crippen molar-refractivity contribution in [3.05, 3.63) is 102 Å². The second-order valence-corrected chi connectivity index (χ2v) is 9.48. The highest BCUT2D eigenvalue weighted by molar-refractivity contribution is 7.89. The van der Waals surface area contributed by atoms with Crippen molar-refractivity contribution < 1.29 is 27.5 Å². The molecule has 1 amide bonds. The van der Waals surface area contributed by atoms with Crippen LogP contribution in [0.2, 0.25) is 0 Å². The van der Waals surface area contributed by atoms with E-state index in [9.17, 15) is 18.0 Å². The van der Waals surface area contributed by atoms with Crippen molar-refractivity contribution in [2.24, 2.45) is 0 Å². The van der Waals surface area contributed by atoms with Gasteiger partial charge in [-0.2, -0.15) is 4.72 Å². The number of hydrogen-bond donors (Lipinski definition) is 2. The van der Waals surface area contributed by atoms with Crippen molar-refractivity contribution in [1.82, 2.24) is 10.0 Å². The molecule has 3 aromatic rings. The van der Waals surface area contributed by atoms with Crippen molar-refractivity contribution >= 4 is 21.9 Å². The number of rotatable bonds is 12. The average molecular weight is 497 g/mol. The summed E-state index contributed by atoms with van der Waals surface area (Å²) in [5.74, 6) is -1.35. The molecule has 0 radical (unpaired) electrons. The molecule has 0 bridgehead atoms. The Kier molecular flexibility index (Phi) is 9.54. The molecular weight excluding hydrogens is 468 g/mol. The van der Waals surface area contributed by atoms with Gasteiger partial charge >= 0.3 is 5.97 Å². The highest BCUT2D eigenvalue weighted by atomic mass is 32.2. The topological polar surface area (TPSA) is 111 Å². The lowest BCUT2D eigenvalue weighted by molar-refractivity contribution is -0.145. The van der Waals surface area contributed by atoms with Gasteiger partial charge in [-0.3, -0.25) is 4.79 Å². The first-order chi connectivity index (χ1) is 16.9. The van der Waals surface area contributed by atoms with E-state index in [2.05, 4.69) is 10.0 Å². The van der Waals surface area contributed by atoms with Gasteiger partial charge in [0, 0.05) is 6.42 Å². The zero-order chi connectivity index (χ0) is 25.1. The first-order valence-electron chi connectivity index (χ1n) is 11.0. The Balaban J connectivity index is 1.77. The van der Waals surface area contributed by atoms with Crippen LogP contribution in [0.3, 0.4) is 0 Å². The standard InChI is InChI=1S/C26H28N2O6S/c1-33-26(30)23(17-20-11-5-2-6-12-20)27-25(29)24(19-34-18-21-13-7-3-8-14-21)28-35(31,32)22-15-9-4-10-16-22/h2-16,23-24,28H,17-19H2,1H3,(H,27,29)/t23-,24+/m0/s1. The Morgan fingerprint density at radius 3 is 1.91 bits per heavy atom. The molecule has 0 unspecified atom stereocenters. The molecular formula is C26H28N2O6S. The fourth-order valence-corrected chi connectivity index (χ4v) is 4.55. The fraction of sp³-hybridized carbons (Fsp3) is 0.231. The van der Waals surface area contributed by atoms with E-state index in [1.165, 1.54) is 19.2 Å². The normalized spacial score (nSPS) is 12.9. The summed E-state index contributed by atoms with van der Waals surface area (Å²) in [7, 11) is -2.80. The van der Waals surface area contributed by atoms with Gasteiger partial charge < -0.3 is 14.8 Å². The number of methoxy groups -OCH3 is 1. The van der Waals surface area contributed by atoms with Crippen molar-refractivity contribution in [3.8, 4) is 0 Å². The first-order valence-corrected chi connectivity index (χ1v) is 12.5. The van der Waals surface area contributed by atoms with Gasteiger partial charge in [-0.15, -0.1) is 0 Å². The van der Waals surface area contributed by atoms with E-state index in [0.717, 1.165) is 11.1 Å². The zero-order valence-electron chi connectivity index (χ0n) is 19.3. The third kappa shape index (κ3) is 8.03.